The second-order valence-corrected chi connectivity index (χ2v) is 13.0. The van der Waals surface area contributed by atoms with Crippen molar-refractivity contribution in [3.05, 3.63) is 23.3 Å². The van der Waals surface area contributed by atoms with Gasteiger partial charge in [-0.2, -0.15) is 0 Å². The lowest BCUT2D eigenvalue weighted by Crippen LogP contribution is -2.78. The first-order chi connectivity index (χ1) is 18.4. The zero-order chi connectivity index (χ0) is 29.4. The average Bonchev–Trinajstić information content (AvgIpc) is 3.29. The fourth-order valence-electron chi connectivity index (χ4n) is 9.72. The summed E-state index contributed by atoms with van der Waals surface area (Å²) in [5.74, 6) is -4.58. The molecular weight excluding hydrogens is 476 g/mol. The van der Waals surface area contributed by atoms with Crippen LogP contribution in [0.5, 0.6) is 0 Å². The van der Waals surface area contributed by atoms with Gasteiger partial charge in [0.25, 0.3) is 0 Å². The Balaban J connectivity index is 1.55. The summed E-state index contributed by atoms with van der Waals surface area (Å²) in [6.45, 7) is 8.73. The maximum Gasteiger partial charge on any atom is 0.334 e. The molecule has 0 amide bonds. The first-order valence-electron chi connectivity index (χ1n) is 15.0. The van der Waals surface area contributed by atoms with Crippen molar-refractivity contribution in [2.45, 2.75) is 102 Å². The Bertz CT molecular complexity index is 1230. The third kappa shape index (κ3) is 2.62. The Morgan fingerprint density at radius 2 is 1.89 bits per heavy atom. The van der Waals surface area contributed by atoms with Crippen molar-refractivity contribution in [2.75, 3.05) is 7.04 Å². The number of cyclic esters (lactones) is 1. The lowest BCUT2D eigenvalue weighted by atomic mass is 9.40. The highest BCUT2D eigenvalue weighted by molar-refractivity contribution is 5.97. The van der Waals surface area contributed by atoms with Gasteiger partial charge in [0.2, 0.25) is 0 Å². The predicted molar refractivity (Wildman–Crippen MR) is 132 cm³/mol. The molecule has 3 N–H and O–H groups in total. The van der Waals surface area contributed by atoms with Crippen LogP contribution in [0.1, 0.15) is 70.8 Å². The molecule has 6 rings (SSSR count). The van der Waals surface area contributed by atoms with Crippen molar-refractivity contribution in [2.24, 2.45) is 34.5 Å². The number of aliphatic hydroxyl groups excluding tert-OH is 1. The van der Waals surface area contributed by atoms with Gasteiger partial charge in [0.05, 0.1) is 26.6 Å². The lowest BCUT2D eigenvalue weighted by molar-refractivity contribution is -0.425. The third-order valence-corrected chi connectivity index (χ3v) is 12.3. The average molecular weight is 520 g/mol. The summed E-state index contributed by atoms with van der Waals surface area (Å²) in [5, 5.41) is 35.8. The van der Waals surface area contributed by atoms with Crippen molar-refractivity contribution in [1.29, 1.82) is 0 Å². The number of esters is 1. The maximum atomic E-state index is 13.6. The molecule has 0 bridgehead atoms. The van der Waals surface area contributed by atoms with E-state index in [4.69, 9.17) is 18.3 Å². The summed E-state index contributed by atoms with van der Waals surface area (Å²) in [7, 11) is -2.93. The molecule has 4 unspecified atom stereocenters. The molecule has 2 aliphatic heterocycles. The SMILES string of the molecule is [2H]C([2H])([2H])O[C@@]12CC3C(C[C@@H](O)[C@@]4(O)CC=CC(=O)[C@]34C)C3CC[C@@](O)([C@H](C)[C@@H](C4OC(=O)C(C)=C4C)O1)[C@]32C. The van der Waals surface area contributed by atoms with Crippen LogP contribution in [0.25, 0.3) is 0 Å². The Hall–Kier alpha value is -1.58. The van der Waals surface area contributed by atoms with Crippen LogP contribution in [-0.2, 0) is 23.8 Å². The zero-order valence-corrected chi connectivity index (χ0v) is 22.1. The number of allylic oxidation sites excluding steroid dienone is 1. The van der Waals surface area contributed by atoms with E-state index >= 15 is 0 Å². The first kappa shape index (κ1) is 22.3. The molecule has 8 nitrogen and oxygen atoms in total. The topological polar surface area (TPSA) is 123 Å². The van der Waals surface area contributed by atoms with Crippen LogP contribution in [0, 0.1) is 34.5 Å². The summed E-state index contributed by atoms with van der Waals surface area (Å²) >= 11 is 0. The summed E-state index contributed by atoms with van der Waals surface area (Å²) < 4.78 is 43.1. The molecule has 2 heterocycles. The Morgan fingerprint density at radius 3 is 2.54 bits per heavy atom. The summed E-state index contributed by atoms with van der Waals surface area (Å²) in [6, 6.07) is 0. The fraction of sp³-hybridized carbons (Fsp3) is 0.793. The van der Waals surface area contributed by atoms with Gasteiger partial charge in [-0.15, -0.1) is 0 Å². The molecule has 0 radical (unpaired) electrons. The molecular formula is C29H40O8. The normalized spacial score (nSPS) is 58.2. The van der Waals surface area contributed by atoms with Crippen molar-refractivity contribution >= 4 is 11.8 Å². The highest BCUT2D eigenvalue weighted by Gasteiger charge is 2.81. The van der Waals surface area contributed by atoms with Crippen LogP contribution < -0.4 is 0 Å². The van der Waals surface area contributed by atoms with Gasteiger partial charge in [-0.05, 0) is 75.9 Å². The molecule has 6 aliphatic rings. The van der Waals surface area contributed by atoms with Gasteiger partial charge in [0, 0.05) is 24.9 Å². The quantitative estimate of drug-likeness (QED) is 0.476. The van der Waals surface area contributed by atoms with Crippen LogP contribution in [0.3, 0.4) is 0 Å². The molecule has 4 fully saturated rings. The third-order valence-electron chi connectivity index (χ3n) is 12.3. The zero-order valence-electron chi connectivity index (χ0n) is 25.1. The molecule has 204 valence electrons. The van der Waals surface area contributed by atoms with E-state index in [2.05, 4.69) is 0 Å². The van der Waals surface area contributed by atoms with Crippen molar-refractivity contribution in [3.63, 3.8) is 0 Å². The second kappa shape index (κ2) is 7.54. The number of carbonyl (C=O) groups is 2. The standard InChI is InChI=1S/C29H40O8/c1-14-15(2)24(32)36-22(14)23-16(3)27(33)11-9-18-17-12-21(31)28(34)10-7-8-20(30)25(28,4)19(17)13-29(35-6,37-23)26(18,27)5/h7-8,16-19,21-23,31,33-34H,9-13H2,1-6H3/t16-,17?,18?,19?,21-,22?,23+,25+,26+,27-,28+,29+/m1/s1/i6D3. The summed E-state index contributed by atoms with van der Waals surface area (Å²) in [4.78, 5) is 26.1. The summed E-state index contributed by atoms with van der Waals surface area (Å²) in [5.41, 5.74) is -4.79. The van der Waals surface area contributed by atoms with Crippen LogP contribution in [0.4, 0.5) is 0 Å². The van der Waals surface area contributed by atoms with Crippen molar-refractivity contribution < 1.29 is 43.2 Å². The number of carbonyl (C=O) groups excluding carboxylic acids is 2. The van der Waals surface area contributed by atoms with Crippen LogP contribution in [0.15, 0.2) is 23.3 Å². The van der Waals surface area contributed by atoms with E-state index < -0.39 is 71.0 Å². The molecule has 0 aromatic heterocycles. The van der Waals surface area contributed by atoms with Gasteiger partial charge >= 0.3 is 5.97 Å². The molecule has 0 aromatic carbocycles. The van der Waals surface area contributed by atoms with E-state index in [0.29, 0.717) is 24.0 Å². The highest BCUT2D eigenvalue weighted by atomic mass is 16.7. The minimum Gasteiger partial charge on any atom is -0.452 e. The van der Waals surface area contributed by atoms with Gasteiger partial charge in [-0.25, -0.2) is 4.79 Å². The summed E-state index contributed by atoms with van der Waals surface area (Å²) in [6.07, 6.45) is 1.07. The Kier molecular flexibility index (Phi) is 4.53. The maximum absolute atomic E-state index is 13.6. The van der Waals surface area contributed by atoms with E-state index in [1.807, 2.05) is 13.8 Å². The number of hydrogen-bond acceptors (Lipinski definition) is 8. The van der Waals surface area contributed by atoms with Crippen molar-refractivity contribution in [1.82, 2.24) is 0 Å². The van der Waals surface area contributed by atoms with Crippen LogP contribution >= 0.6 is 0 Å². The minimum atomic E-state index is -2.93. The molecule has 1 saturated heterocycles. The molecule has 3 saturated carbocycles. The van der Waals surface area contributed by atoms with Crippen LogP contribution in [-0.4, -0.2) is 69.4 Å². The lowest BCUT2D eigenvalue weighted by Gasteiger charge is -2.70. The smallest absolute Gasteiger partial charge is 0.334 e. The number of rotatable bonds is 2. The largest absolute Gasteiger partial charge is 0.452 e. The number of hydrogen-bond donors (Lipinski definition) is 3. The van der Waals surface area contributed by atoms with Gasteiger partial charge in [-0.3, -0.25) is 4.79 Å². The predicted octanol–water partition coefficient (Wildman–Crippen LogP) is 2.44. The first-order valence-corrected chi connectivity index (χ1v) is 13.5. The van der Waals surface area contributed by atoms with E-state index in [1.54, 1.807) is 26.8 Å². The van der Waals surface area contributed by atoms with Gasteiger partial charge in [0.15, 0.2) is 17.7 Å². The highest BCUT2D eigenvalue weighted by Crippen LogP contribution is 2.74. The van der Waals surface area contributed by atoms with Gasteiger partial charge < -0.3 is 29.5 Å². The van der Waals surface area contributed by atoms with E-state index in [-0.39, 0.29) is 36.9 Å². The number of methoxy groups -OCH3 is 1. The van der Waals surface area contributed by atoms with E-state index in [0.717, 1.165) is 0 Å². The van der Waals surface area contributed by atoms with Gasteiger partial charge in [0.1, 0.15) is 11.7 Å². The number of ketones is 1. The molecule has 4 aliphatic carbocycles. The molecule has 12 atom stereocenters. The van der Waals surface area contributed by atoms with E-state index in [9.17, 15) is 24.9 Å². The molecule has 0 aromatic rings. The number of aliphatic hydroxyl groups is 3. The molecule has 0 spiro atoms. The van der Waals surface area contributed by atoms with Gasteiger partial charge in [-0.1, -0.05) is 19.9 Å². The molecule has 8 heteroatoms. The van der Waals surface area contributed by atoms with E-state index in [1.165, 1.54) is 6.08 Å². The number of ether oxygens (including phenoxy) is 3. The molecule has 37 heavy (non-hydrogen) atoms. The Morgan fingerprint density at radius 1 is 1.16 bits per heavy atom. The number of fused-ring (bicyclic) bond motifs is 4. The second-order valence-electron chi connectivity index (χ2n) is 13.0. The van der Waals surface area contributed by atoms with Crippen molar-refractivity contribution in [3.8, 4) is 0 Å². The fourth-order valence-corrected chi connectivity index (χ4v) is 9.72. The van der Waals surface area contributed by atoms with Crippen LogP contribution in [0.2, 0.25) is 0 Å². The Labute approximate surface area is 222 Å². The monoisotopic (exact) mass is 519 g/mol. The minimum absolute atomic E-state index is 0.0838.